The van der Waals surface area contributed by atoms with Crippen molar-refractivity contribution in [1.29, 1.82) is 5.26 Å². The molecular weight excluding hydrogens is 226 g/mol. The quantitative estimate of drug-likeness (QED) is 0.747. The second-order valence-corrected chi connectivity index (χ2v) is 4.33. The van der Waals surface area contributed by atoms with E-state index in [1.165, 1.54) is 4.90 Å². The fourth-order valence-electron chi connectivity index (χ4n) is 2.29. The fourth-order valence-corrected chi connectivity index (χ4v) is 2.29. The SMILES string of the molecule is N#CC1c2cc(F)cc(F)c2C(=O)N1C1CC1. The maximum absolute atomic E-state index is 13.6. The van der Waals surface area contributed by atoms with Crippen molar-refractivity contribution >= 4 is 5.91 Å². The fraction of sp³-hybridized carbons (Fsp3) is 0.333. The zero-order chi connectivity index (χ0) is 12.2. The van der Waals surface area contributed by atoms with Gasteiger partial charge in [0.15, 0.2) is 0 Å². The minimum atomic E-state index is -0.881. The number of nitriles is 1. The average molecular weight is 234 g/mol. The molecule has 0 radical (unpaired) electrons. The molecule has 1 amide bonds. The van der Waals surface area contributed by atoms with Crippen LogP contribution in [0.4, 0.5) is 8.78 Å². The molecule has 86 valence electrons. The van der Waals surface area contributed by atoms with E-state index in [0.29, 0.717) is 6.07 Å². The summed E-state index contributed by atoms with van der Waals surface area (Å²) in [6.07, 6.45) is 1.64. The van der Waals surface area contributed by atoms with Gasteiger partial charge in [0.2, 0.25) is 0 Å². The number of amides is 1. The minimum absolute atomic E-state index is 0.00186. The lowest BCUT2D eigenvalue weighted by atomic mass is 10.0. The maximum atomic E-state index is 13.6. The van der Waals surface area contributed by atoms with Crippen LogP contribution >= 0.6 is 0 Å². The molecule has 0 spiro atoms. The number of hydrogen-bond acceptors (Lipinski definition) is 2. The first-order valence-electron chi connectivity index (χ1n) is 5.34. The summed E-state index contributed by atoms with van der Waals surface area (Å²) in [5, 5.41) is 9.07. The Labute approximate surface area is 96.3 Å². The average Bonchev–Trinajstić information content (AvgIpc) is 3.04. The van der Waals surface area contributed by atoms with Gasteiger partial charge < -0.3 is 4.90 Å². The molecule has 1 aromatic rings. The number of halogens is 2. The van der Waals surface area contributed by atoms with Crippen LogP contribution in [0.5, 0.6) is 0 Å². The molecule has 2 aliphatic rings. The highest BCUT2D eigenvalue weighted by molar-refractivity contribution is 6.00. The minimum Gasteiger partial charge on any atom is -0.315 e. The maximum Gasteiger partial charge on any atom is 0.258 e. The molecule has 1 aliphatic heterocycles. The van der Waals surface area contributed by atoms with Gasteiger partial charge in [-0.05, 0) is 18.9 Å². The van der Waals surface area contributed by atoms with Crippen LogP contribution in [0, 0.1) is 23.0 Å². The van der Waals surface area contributed by atoms with Crippen molar-refractivity contribution in [3.05, 3.63) is 34.9 Å². The molecule has 1 fully saturated rings. The van der Waals surface area contributed by atoms with Gasteiger partial charge >= 0.3 is 0 Å². The Morgan fingerprint density at radius 2 is 2.06 bits per heavy atom. The van der Waals surface area contributed by atoms with Crippen molar-refractivity contribution in [3.8, 4) is 6.07 Å². The summed E-state index contributed by atoms with van der Waals surface area (Å²) in [7, 11) is 0. The molecule has 1 unspecified atom stereocenters. The molecule has 5 heteroatoms. The van der Waals surface area contributed by atoms with Crippen LogP contribution in [0.2, 0.25) is 0 Å². The molecule has 1 atom stereocenters. The van der Waals surface area contributed by atoms with Gasteiger partial charge in [-0.25, -0.2) is 8.78 Å². The van der Waals surface area contributed by atoms with Crippen LogP contribution in [0.1, 0.15) is 34.8 Å². The summed E-state index contributed by atoms with van der Waals surface area (Å²) >= 11 is 0. The summed E-state index contributed by atoms with van der Waals surface area (Å²) in [6.45, 7) is 0. The van der Waals surface area contributed by atoms with Crippen LogP contribution in [-0.4, -0.2) is 16.8 Å². The Kier molecular flexibility index (Phi) is 1.96. The largest absolute Gasteiger partial charge is 0.315 e. The highest BCUT2D eigenvalue weighted by atomic mass is 19.1. The van der Waals surface area contributed by atoms with E-state index in [2.05, 4.69) is 0 Å². The number of hydrogen-bond donors (Lipinski definition) is 0. The molecule has 1 saturated carbocycles. The lowest BCUT2D eigenvalue weighted by molar-refractivity contribution is 0.0741. The van der Waals surface area contributed by atoms with Crippen LogP contribution < -0.4 is 0 Å². The number of fused-ring (bicyclic) bond motifs is 1. The third kappa shape index (κ3) is 1.34. The Morgan fingerprint density at radius 1 is 1.35 bits per heavy atom. The van der Waals surface area contributed by atoms with Gasteiger partial charge in [0.1, 0.15) is 17.7 Å². The summed E-state index contributed by atoms with van der Waals surface area (Å²) < 4.78 is 26.7. The molecule has 1 aromatic carbocycles. The summed E-state index contributed by atoms with van der Waals surface area (Å²) in [6, 6.07) is 2.86. The Hall–Kier alpha value is -1.96. The van der Waals surface area contributed by atoms with Crippen molar-refractivity contribution < 1.29 is 13.6 Å². The number of nitrogens with zero attached hydrogens (tertiary/aromatic N) is 2. The number of rotatable bonds is 1. The summed E-state index contributed by atoms with van der Waals surface area (Å²) in [5.41, 5.74) is 0.00625. The lowest BCUT2D eigenvalue weighted by Crippen LogP contribution is -2.29. The van der Waals surface area contributed by atoms with E-state index >= 15 is 0 Å². The second-order valence-electron chi connectivity index (χ2n) is 4.33. The molecule has 0 aromatic heterocycles. The first-order valence-corrected chi connectivity index (χ1v) is 5.34. The van der Waals surface area contributed by atoms with E-state index in [1.807, 2.05) is 6.07 Å². The number of carbonyl (C=O) groups is 1. The van der Waals surface area contributed by atoms with Gasteiger partial charge in [0.25, 0.3) is 5.91 Å². The molecule has 1 heterocycles. The van der Waals surface area contributed by atoms with Gasteiger partial charge in [-0.3, -0.25) is 4.79 Å². The normalized spacial score (nSPS) is 22.5. The lowest BCUT2D eigenvalue weighted by Gasteiger charge is -2.18. The van der Waals surface area contributed by atoms with Gasteiger partial charge in [0.05, 0.1) is 11.6 Å². The van der Waals surface area contributed by atoms with Crippen molar-refractivity contribution in [2.75, 3.05) is 0 Å². The van der Waals surface area contributed by atoms with Gasteiger partial charge in [-0.1, -0.05) is 0 Å². The van der Waals surface area contributed by atoms with Crippen molar-refractivity contribution in [2.45, 2.75) is 24.9 Å². The van der Waals surface area contributed by atoms with Crippen molar-refractivity contribution in [2.24, 2.45) is 0 Å². The van der Waals surface area contributed by atoms with E-state index < -0.39 is 23.6 Å². The van der Waals surface area contributed by atoms with E-state index in [4.69, 9.17) is 5.26 Å². The van der Waals surface area contributed by atoms with Crippen LogP contribution in [0.15, 0.2) is 12.1 Å². The summed E-state index contributed by atoms with van der Waals surface area (Å²) in [4.78, 5) is 13.4. The predicted octanol–water partition coefficient (Wildman–Crippen LogP) is 2.15. The number of benzene rings is 1. The highest BCUT2D eigenvalue weighted by Gasteiger charge is 2.46. The Balaban J connectivity index is 2.18. The molecule has 1 aliphatic carbocycles. The molecule has 3 rings (SSSR count). The molecule has 0 saturated heterocycles. The smallest absolute Gasteiger partial charge is 0.258 e. The molecule has 3 nitrogen and oxygen atoms in total. The summed E-state index contributed by atoms with van der Waals surface area (Å²) in [5.74, 6) is -2.13. The standard InChI is InChI=1S/C12H8F2N2O/c13-6-3-8-10(5-15)16(7-1-2-7)12(17)11(8)9(14)4-6/h3-4,7,10H,1-2H2. The third-order valence-corrected chi connectivity index (χ3v) is 3.17. The topological polar surface area (TPSA) is 44.1 Å². The Bertz CT molecular complexity index is 560. The van der Waals surface area contributed by atoms with Crippen LogP contribution in [0.25, 0.3) is 0 Å². The highest BCUT2D eigenvalue weighted by Crippen LogP contribution is 2.42. The first kappa shape index (κ1) is 10.2. The third-order valence-electron chi connectivity index (χ3n) is 3.17. The molecule has 17 heavy (non-hydrogen) atoms. The van der Waals surface area contributed by atoms with Gasteiger partial charge in [-0.2, -0.15) is 5.26 Å². The first-order chi connectivity index (χ1) is 8.13. The van der Waals surface area contributed by atoms with Crippen LogP contribution in [0.3, 0.4) is 0 Å². The monoisotopic (exact) mass is 234 g/mol. The predicted molar refractivity (Wildman–Crippen MR) is 53.9 cm³/mol. The van der Waals surface area contributed by atoms with Gasteiger partial charge in [0, 0.05) is 17.7 Å². The molecular formula is C12H8F2N2O. The van der Waals surface area contributed by atoms with Crippen LogP contribution in [-0.2, 0) is 0 Å². The second kappa shape index (κ2) is 3.27. The van der Waals surface area contributed by atoms with Crippen molar-refractivity contribution in [3.63, 3.8) is 0 Å². The number of carbonyl (C=O) groups excluding carboxylic acids is 1. The van der Waals surface area contributed by atoms with E-state index in [-0.39, 0.29) is 17.2 Å². The van der Waals surface area contributed by atoms with Gasteiger partial charge in [-0.15, -0.1) is 0 Å². The molecule has 0 bridgehead atoms. The zero-order valence-electron chi connectivity index (χ0n) is 8.78. The van der Waals surface area contributed by atoms with E-state index in [9.17, 15) is 13.6 Å². The zero-order valence-corrected chi connectivity index (χ0v) is 8.78. The molecule has 0 N–H and O–H groups in total. The van der Waals surface area contributed by atoms with Crippen molar-refractivity contribution in [1.82, 2.24) is 4.90 Å². The van der Waals surface area contributed by atoms with E-state index in [1.54, 1.807) is 0 Å². The van der Waals surface area contributed by atoms with E-state index in [0.717, 1.165) is 18.9 Å². The Morgan fingerprint density at radius 3 is 2.65 bits per heavy atom.